The standard InChI is InChI=1S/C54H34O/c1-3-15-35(16-4-1)38-29-31-41(36-17-5-2-6-18-36)49(33-38)47-27-14-28-48-50-34-39(30-32-51(50)55-54(47)48)52-43-22-9-11-24-45(43)53(46-25-12-10-23-44(46)52)42-26-13-20-37-19-7-8-21-40(37)42/h1-34H/i9D,10D,11D,12D,22D,23D,24D,25D. The minimum atomic E-state index is -0.441. The maximum absolute atomic E-state index is 9.49. The van der Waals surface area contributed by atoms with E-state index in [1.807, 2.05) is 109 Å². The molecule has 0 spiro atoms. The Morgan fingerprint density at radius 1 is 0.327 bits per heavy atom. The van der Waals surface area contributed by atoms with E-state index in [4.69, 9.17) is 9.90 Å². The summed E-state index contributed by atoms with van der Waals surface area (Å²) in [4.78, 5) is 0. The molecule has 0 N–H and O–H groups in total. The number of rotatable bonds is 5. The predicted molar refractivity (Wildman–Crippen MR) is 233 cm³/mol. The van der Waals surface area contributed by atoms with Crippen LogP contribution in [0.15, 0.2) is 210 Å². The van der Waals surface area contributed by atoms with Gasteiger partial charge < -0.3 is 4.42 Å². The van der Waals surface area contributed by atoms with E-state index < -0.39 is 24.2 Å². The third-order valence-corrected chi connectivity index (χ3v) is 10.7. The largest absolute Gasteiger partial charge is 0.455 e. The Morgan fingerprint density at radius 2 is 0.909 bits per heavy atom. The van der Waals surface area contributed by atoms with Crippen LogP contribution in [0.3, 0.4) is 0 Å². The Bertz CT molecular complexity index is 3620. The minimum Gasteiger partial charge on any atom is -0.455 e. The number of para-hydroxylation sites is 1. The fraction of sp³-hybridized carbons (Fsp3) is 0. The lowest BCUT2D eigenvalue weighted by Gasteiger charge is -2.18. The summed E-state index contributed by atoms with van der Waals surface area (Å²) < 4.78 is 80.3. The van der Waals surface area contributed by atoms with Gasteiger partial charge in [0.2, 0.25) is 0 Å². The highest BCUT2D eigenvalue weighted by Crippen LogP contribution is 2.47. The molecular weight excluding hydrogens is 665 g/mol. The average Bonchev–Trinajstić information content (AvgIpc) is 3.71. The first kappa shape index (κ1) is 24.2. The highest BCUT2D eigenvalue weighted by atomic mass is 16.3. The van der Waals surface area contributed by atoms with Gasteiger partial charge in [-0.1, -0.05) is 188 Å². The van der Waals surface area contributed by atoms with Crippen LogP contribution in [0, 0.1) is 0 Å². The van der Waals surface area contributed by atoms with Gasteiger partial charge in [0.25, 0.3) is 0 Å². The minimum absolute atomic E-state index is 0.166. The van der Waals surface area contributed by atoms with E-state index in [0.29, 0.717) is 27.9 Å². The number of benzene rings is 10. The molecule has 0 unspecified atom stereocenters. The monoisotopic (exact) mass is 706 g/mol. The van der Waals surface area contributed by atoms with Crippen LogP contribution in [-0.4, -0.2) is 0 Å². The predicted octanol–water partition coefficient (Wildman–Crippen LogP) is 15.4. The summed E-state index contributed by atoms with van der Waals surface area (Å²) in [6.07, 6.45) is 0. The van der Waals surface area contributed by atoms with Gasteiger partial charge in [0.05, 0.1) is 11.0 Å². The van der Waals surface area contributed by atoms with E-state index in [-0.39, 0.29) is 51.3 Å². The second-order valence-corrected chi connectivity index (χ2v) is 13.8. The van der Waals surface area contributed by atoms with Crippen LogP contribution in [0.5, 0.6) is 0 Å². The lowest BCUT2D eigenvalue weighted by molar-refractivity contribution is 0.670. The SMILES string of the molecule is [2H]c1c([2H])c([2H])c2c(-c3cccc4ccccc34)c3c([2H])c([2H])c([2H])c([2H])c3c(-c3ccc4oc5c(-c6cc(-c7ccccc7)ccc6-c6ccccc6)cccc5c4c3)c2c1[2H]. The Hall–Kier alpha value is -7.22. The van der Waals surface area contributed by atoms with Gasteiger partial charge >= 0.3 is 0 Å². The maximum Gasteiger partial charge on any atom is 0.143 e. The molecule has 1 aromatic heterocycles. The molecule has 11 aromatic rings. The van der Waals surface area contributed by atoms with E-state index in [2.05, 4.69) is 48.5 Å². The van der Waals surface area contributed by atoms with Crippen LogP contribution < -0.4 is 0 Å². The number of fused-ring (bicyclic) bond motifs is 6. The Labute approximate surface area is 330 Å². The van der Waals surface area contributed by atoms with Gasteiger partial charge in [-0.2, -0.15) is 0 Å². The fourth-order valence-corrected chi connectivity index (χ4v) is 8.24. The lowest BCUT2D eigenvalue weighted by Crippen LogP contribution is -1.91. The van der Waals surface area contributed by atoms with Gasteiger partial charge in [-0.3, -0.25) is 0 Å². The Kier molecular flexibility index (Phi) is 5.59. The zero-order valence-electron chi connectivity index (χ0n) is 37.4. The number of hydrogen-bond acceptors (Lipinski definition) is 1. The molecule has 10 aromatic carbocycles. The molecule has 1 heteroatoms. The highest BCUT2D eigenvalue weighted by molar-refractivity contribution is 6.24. The van der Waals surface area contributed by atoms with Crippen molar-refractivity contribution in [2.24, 2.45) is 0 Å². The van der Waals surface area contributed by atoms with Crippen LogP contribution in [0.1, 0.15) is 11.0 Å². The van der Waals surface area contributed by atoms with E-state index in [1.54, 1.807) is 0 Å². The van der Waals surface area contributed by atoms with Crippen LogP contribution >= 0.6 is 0 Å². The first-order chi connectivity index (χ1) is 30.6. The molecule has 1 heterocycles. The normalized spacial score (nSPS) is 13.7. The topological polar surface area (TPSA) is 13.1 Å². The van der Waals surface area contributed by atoms with E-state index >= 15 is 0 Å². The van der Waals surface area contributed by atoms with Crippen molar-refractivity contribution in [1.82, 2.24) is 0 Å². The number of furan rings is 1. The quantitative estimate of drug-likeness (QED) is 0.162. The van der Waals surface area contributed by atoms with Crippen LogP contribution in [0.2, 0.25) is 0 Å². The zero-order valence-corrected chi connectivity index (χ0v) is 29.4. The summed E-state index contributed by atoms with van der Waals surface area (Å²) in [5, 5.41) is 3.90. The molecule has 0 aliphatic heterocycles. The van der Waals surface area contributed by atoms with Gasteiger partial charge in [0.1, 0.15) is 11.2 Å². The summed E-state index contributed by atoms with van der Waals surface area (Å²) in [6, 6.07) is 48.9. The lowest BCUT2D eigenvalue weighted by atomic mass is 9.84. The van der Waals surface area contributed by atoms with Crippen molar-refractivity contribution in [3.63, 3.8) is 0 Å². The van der Waals surface area contributed by atoms with Gasteiger partial charge in [-0.05, 0) is 101 Å². The third kappa shape index (κ3) is 5.09. The van der Waals surface area contributed by atoms with Gasteiger partial charge in [0.15, 0.2) is 0 Å². The van der Waals surface area contributed by atoms with Gasteiger partial charge in [-0.25, -0.2) is 0 Å². The van der Waals surface area contributed by atoms with Gasteiger partial charge in [0, 0.05) is 16.3 Å². The van der Waals surface area contributed by atoms with Crippen molar-refractivity contribution in [3.8, 4) is 55.6 Å². The molecular formula is C54H34O. The third-order valence-electron chi connectivity index (χ3n) is 10.7. The molecule has 11 rings (SSSR count). The molecule has 0 aliphatic rings. The molecule has 0 saturated carbocycles. The number of hydrogen-bond donors (Lipinski definition) is 0. The van der Waals surface area contributed by atoms with E-state index in [1.165, 1.54) is 0 Å². The first-order valence-corrected chi connectivity index (χ1v) is 18.3. The van der Waals surface area contributed by atoms with Crippen molar-refractivity contribution < 1.29 is 15.4 Å². The molecule has 0 amide bonds. The smallest absolute Gasteiger partial charge is 0.143 e. The summed E-state index contributed by atoms with van der Waals surface area (Å²) >= 11 is 0. The Balaban J connectivity index is 1.24. The zero-order chi connectivity index (χ0) is 43.3. The molecule has 0 fully saturated rings. The molecule has 256 valence electrons. The summed E-state index contributed by atoms with van der Waals surface area (Å²) in [5.74, 6) is 0. The van der Waals surface area contributed by atoms with E-state index in [9.17, 15) is 5.48 Å². The van der Waals surface area contributed by atoms with Crippen molar-refractivity contribution in [2.75, 3.05) is 0 Å². The summed E-state index contributed by atoms with van der Waals surface area (Å²) in [7, 11) is 0. The van der Waals surface area contributed by atoms with Crippen LogP contribution in [0.25, 0.3) is 110 Å². The summed E-state index contributed by atoms with van der Waals surface area (Å²) in [5.41, 5.74) is 9.09. The second kappa shape index (κ2) is 12.7. The molecule has 1 nitrogen and oxygen atoms in total. The van der Waals surface area contributed by atoms with Crippen molar-refractivity contribution >= 4 is 54.3 Å². The fourth-order valence-electron chi connectivity index (χ4n) is 8.24. The van der Waals surface area contributed by atoms with Gasteiger partial charge in [-0.15, -0.1) is 0 Å². The van der Waals surface area contributed by atoms with E-state index in [0.717, 1.165) is 54.9 Å². The molecule has 0 bridgehead atoms. The molecule has 0 atom stereocenters. The molecule has 0 radical (unpaired) electrons. The Morgan fingerprint density at radius 3 is 1.65 bits per heavy atom. The highest BCUT2D eigenvalue weighted by Gasteiger charge is 2.20. The van der Waals surface area contributed by atoms with Crippen molar-refractivity contribution in [3.05, 3.63) is 206 Å². The summed E-state index contributed by atoms with van der Waals surface area (Å²) in [6.45, 7) is 0. The maximum atomic E-state index is 9.49. The van der Waals surface area contributed by atoms with Crippen LogP contribution in [0.4, 0.5) is 0 Å². The van der Waals surface area contributed by atoms with Crippen LogP contribution in [-0.2, 0) is 0 Å². The average molecular weight is 707 g/mol. The molecule has 0 aliphatic carbocycles. The second-order valence-electron chi connectivity index (χ2n) is 13.8. The molecule has 55 heavy (non-hydrogen) atoms. The van der Waals surface area contributed by atoms with Crippen molar-refractivity contribution in [2.45, 2.75) is 0 Å². The first-order valence-electron chi connectivity index (χ1n) is 22.3. The molecule has 0 saturated heterocycles. The van der Waals surface area contributed by atoms with Crippen molar-refractivity contribution in [1.29, 1.82) is 0 Å².